The molecule has 106 valence electrons. The van der Waals surface area contributed by atoms with Gasteiger partial charge in [-0.25, -0.2) is 4.39 Å². The summed E-state index contributed by atoms with van der Waals surface area (Å²) in [5, 5.41) is 0.0655. The maximum atomic E-state index is 13.3. The monoisotopic (exact) mass is 294 g/mol. The second-order valence-corrected chi connectivity index (χ2v) is 4.94. The summed E-state index contributed by atoms with van der Waals surface area (Å²) in [5.41, 5.74) is 7.99. The molecule has 2 aromatic rings. The summed E-state index contributed by atoms with van der Waals surface area (Å²) in [7, 11) is 3.51. The normalized spacial score (nSPS) is 10.4. The first-order valence-electron chi connectivity index (χ1n) is 6.10. The summed E-state index contributed by atoms with van der Waals surface area (Å²) in [5.74, 6) is 0.298. The molecule has 0 amide bonds. The molecule has 0 aliphatic carbocycles. The van der Waals surface area contributed by atoms with E-state index in [4.69, 9.17) is 22.1 Å². The molecule has 0 radical (unpaired) electrons. The van der Waals surface area contributed by atoms with Gasteiger partial charge in [0.25, 0.3) is 0 Å². The third-order valence-corrected chi connectivity index (χ3v) is 3.35. The quantitative estimate of drug-likeness (QED) is 0.874. The van der Waals surface area contributed by atoms with Crippen molar-refractivity contribution in [3.05, 3.63) is 52.8 Å². The van der Waals surface area contributed by atoms with Crippen molar-refractivity contribution in [2.24, 2.45) is 0 Å². The Morgan fingerprint density at radius 1 is 1.25 bits per heavy atom. The molecule has 20 heavy (non-hydrogen) atoms. The largest absolute Gasteiger partial charge is 0.497 e. The first-order valence-corrected chi connectivity index (χ1v) is 6.47. The molecule has 0 saturated carbocycles. The van der Waals surface area contributed by atoms with Crippen molar-refractivity contribution < 1.29 is 9.13 Å². The first-order chi connectivity index (χ1) is 9.51. The van der Waals surface area contributed by atoms with E-state index < -0.39 is 5.82 Å². The molecule has 0 bridgehead atoms. The van der Waals surface area contributed by atoms with Gasteiger partial charge < -0.3 is 15.4 Å². The number of methoxy groups -OCH3 is 1. The van der Waals surface area contributed by atoms with E-state index in [1.807, 2.05) is 36.2 Å². The van der Waals surface area contributed by atoms with Crippen molar-refractivity contribution in [1.82, 2.24) is 0 Å². The van der Waals surface area contributed by atoms with Crippen molar-refractivity contribution in [2.75, 3.05) is 24.8 Å². The van der Waals surface area contributed by atoms with Crippen molar-refractivity contribution in [2.45, 2.75) is 6.54 Å². The summed E-state index contributed by atoms with van der Waals surface area (Å²) in [6.45, 7) is 0.635. The fourth-order valence-corrected chi connectivity index (χ4v) is 2.13. The standard InChI is InChI=1S/C15H16ClFN2O/c1-19(9-10-3-5-11(20-2)6-4-10)15-7-12(16)13(17)8-14(15)18/h3-8H,9,18H2,1-2H3. The van der Waals surface area contributed by atoms with E-state index in [0.717, 1.165) is 11.3 Å². The van der Waals surface area contributed by atoms with E-state index in [-0.39, 0.29) is 5.02 Å². The Hall–Kier alpha value is -1.94. The van der Waals surface area contributed by atoms with Gasteiger partial charge in [-0.1, -0.05) is 23.7 Å². The Morgan fingerprint density at radius 3 is 2.50 bits per heavy atom. The Labute approximate surface area is 122 Å². The predicted octanol–water partition coefficient (Wildman–Crippen LogP) is 3.71. The minimum atomic E-state index is -0.509. The van der Waals surface area contributed by atoms with Gasteiger partial charge in [-0.15, -0.1) is 0 Å². The van der Waals surface area contributed by atoms with Crippen LogP contribution in [0.3, 0.4) is 0 Å². The van der Waals surface area contributed by atoms with Gasteiger partial charge in [0.15, 0.2) is 0 Å². The SMILES string of the molecule is COc1ccc(CN(C)c2cc(Cl)c(F)cc2N)cc1. The van der Waals surface area contributed by atoms with Crippen LogP contribution in [0.15, 0.2) is 36.4 Å². The molecule has 0 aliphatic heterocycles. The number of ether oxygens (including phenoxy) is 1. The Kier molecular flexibility index (Phi) is 4.35. The lowest BCUT2D eigenvalue weighted by molar-refractivity contribution is 0.414. The number of nitrogen functional groups attached to an aromatic ring is 1. The van der Waals surface area contributed by atoms with Crippen LogP contribution in [0.2, 0.25) is 5.02 Å². The molecule has 0 spiro atoms. The average molecular weight is 295 g/mol. The lowest BCUT2D eigenvalue weighted by Crippen LogP contribution is -2.18. The zero-order chi connectivity index (χ0) is 14.7. The highest BCUT2D eigenvalue weighted by atomic mass is 35.5. The molecule has 0 aliphatic rings. The molecule has 3 nitrogen and oxygen atoms in total. The highest BCUT2D eigenvalue weighted by Crippen LogP contribution is 2.29. The highest BCUT2D eigenvalue weighted by molar-refractivity contribution is 6.31. The van der Waals surface area contributed by atoms with Crippen LogP contribution in [0.1, 0.15) is 5.56 Å². The van der Waals surface area contributed by atoms with Crippen LogP contribution >= 0.6 is 11.6 Å². The van der Waals surface area contributed by atoms with E-state index >= 15 is 0 Å². The number of hydrogen-bond donors (Lipinski definition) is 1. The van der Waals surface area contributed by atoms with Gasteiger partial charge in [0.05, 0.1) is 23.5 Å². The molecule has 5 heteroatoms. The number of rotatable bonds is 4. The number of hydrogen-bond acceptors (Lipinski definition) is 3. The van der Waals surface area contributed by atoms with Crippen LogP contribution < -0.4 is 15.4 Å². The Bertz CT molecular complexity index is 602. The summed E-state index contributed by atoms with van der Waals surface area (Å²) < 4.78 is 18.4. The van der Waals surface area contributed by atoms with Crippen molar-refractivity contribution in [3.8, 4) is 5.75 Å². The third-order valence-electron chi connectivity index (χ3n) is 3.06. The number of benzene rings is 2. The van der Waals surface area contributed by atoms with Crippen LogP contribution in [-0.4, -0.2) is 14.2 Å². The second kappa shape index (κ2) is 6.01. The number of nitrogens with two attached hydrogens (primary N) is 1. The molecule has 0 aromatic heterocycles. The minimum absolute atomic E-state index is 0.0655. The van der Waals surface area contributed by atoms with Gasteiger partial charge in [0.2, 0.25) is 0 Å². The summed E-state index contributed by atoms with van der Waals surface area (Å²) >= 11 is 5.80. The molecule has 0 atom stereocenters. The van der Waals surface area contributed by atoms with Crippen molar-refractivity contribution in [3.63, 3.8) is 0 Å². The molecule has 0 unspecified atom stereocenters. The van der Waals surface area contributed by atoms with Crippen molar-refractivity contribution >= 4 is 23.0 Å². The van der Waals surface area contributed by atoms with Crippen LogP contribution in [0.4, 0.5) is 15.8 Å². The van der Waals surface area contributed by atoms with E-state index in [0.29, 0.717) is 17.9 Å². The molecule has 2 N–H and O–H groups in total. The Morgan fingerprint density at radius 2 is 1.90 bits per heavy atom. The van der Waals surface area contributed by atoms with Gasteiger partial charge in [-0.2, -0.15) is 0 Å². The van der Waals surface area contributed by atoms with Gasteiger partial charge in [0, 0.05) is 19.7 Å². The maximum absolute atomic E-state index is 13.3. The summed E-state index contributed by atoms with van der Waals surface area (Å²) in [6.07, 6.45) is 0. The molecule has 2 rings (SSSR count). The molecular formula is C15H16ClFN2O. The van der Waals surface area contributed by atoms with Crippen LogP contribution in [0.5, 0.6) is 5.75 Å². The van der Waals surface area contributed by atoms with Crippen LogP contribution in [-0.2, 0) is 6.54 Å². The lowest BCUT2D eigenvalue weighted by Gasteiger charge is -2.21. The van der Waals surface area contributed by atoms with Crippen LogP contribution in [0.25, 0.3) is 0 Å². The molecule has 2 aromatic carbocycles. The van der Waals surface area contributed by atoms with Gasteiger partial charge in [-0.05, 0) is 23.8 Å². The zero-order valence-electron chi connectivity index (χ0n) is 11.4. The minimum Gasteiger partial charge on any atom is -0.497 e. The molecular weight excluding hydrogens is 279 g/mol. The highest BCUT2D eigenvalue weighted by Gasteiger charge is 2.10. The topological polar surface area (TPSA) is 38.5 Å². The smallest absolute Gasteiger partial charge is 0.143 e. The fourth-order valence-electron chi connectivity index (χ4n) is 1.97. The van der Waals surface area contributed by atoms with E-state index in [9.17, 15) is 4.39 Å². The Balaban J connectivity index is 2.18. The van der Waals surface area contributed by atoms with E-state index in [1.165, 1.54) is 12.1 Å². The lowest BCUT2D eigenvalue weighted by atomic mass is 10.2. The number of nitrogens with zero attached hydrogens (tertiary/aromatic N) is 1. The molecule has 0 heterocycles. The van der Waals surface area contributed by atoms with Gasteiger partial charge >= 0.3 is 0 Å². The average Bonchev–Trinajstić information content (AvgIpc) is 2.43. The maximum Gasteiger partial charge on any atom is 0.143 e. The summed E-state index contributed by atoms with van der Waals surface area (Å²) in [4.78, 5) is 1.92. The van der Waals surface area contributed by atoms with Gasteiger partial charge in [0.1, 0.15) is 11.6 Å². The third kappa shape index (κ3) is 3.14. The van der Waals surface area contributed by atoms with E-state index in [2.05, 4.69) is 0 Å². The molecule has 0 fully saturated rings. The second-order valence-electron chi connectivity index (χ2n) is 4.53. The zero-order valence-corrected chi connectivity index (χ0v) is 12.1. The number of halogens is 2. The fraction of sp³-hybridized carbons (Fsp3) is 0.200. The summed E-state index contributed by atoms with van der Waals surface area (Å²) in [6, 6.07) is 10.5. The predicted molar refractivity (Wildman–Crippen MR) is 80.9 cm³/mol. The van der Waals surface area contributed by atoms with E-state index in [1.54, 1.807) is 7.11 Å². The first kappa shape index (κ1) is 14.5. The van der Waals surface area contributed by atoms with Gasteiger partial charge in [-0.3, -0.25) is 0 Å². The number of anilines is 2. The van der Waals surface area contributed by atoms with Crippen LogP contribution in [0, 0.1) is 5.82 Å². The van der Waals surface area contributed by atoms with Crippen molar-refractivity contribution in [1.29, 1.82) is 0 Å². The molecule has 0 saturated heterocycles.